The second kappa shape index (κ2) is 5.98. The van der Waals surface area contributed by atoms with E-state index in [0.29, 0.717) is 6.54 Å². The van der Waals surface area contributed by atoms with Crippen molar-refractivity contribution >= 4 is 11.8 Å². The Morgan fingerprint density at radius 3 is 2.50 bits per heavy atom. The molecule has 0 bridgehead atoms. The minimum absolute atomic E-state index is 0.689. The second-order valence-corrected chi connectivity index (χ2v) is 5.31. The fraction of sp³-hybridized carbons (Fsp3) is 0.286. The lowest BCUT2D eigenvalue weighted by Crippen LogP contribution is -2.03. The minimum Gasteiger partial charge on any atom is -0.330 e. The van der Waals surface area contributed by atoms with Crippen LogP contribution in [0.25, 0.3) is 0 Å². The smallest absolute Gasteiger partial charge is 0.192 e. The molecule has 18 heavy (non-hydrogen) atoms. The van der Waals surface area contributed by atoms with Crippen LogP contribution in [0.4, 0.5) is 0 Å². The molecule has 1 aromatic heterocycles. The van der Waals surface area contributed by atoms with Crippen LogP contribution < -0.4 is 5.73 Å². The van der Waals surface area contributed by atoms with Gasteiger partial charge >= 0.3 is 0 Å². The Bertz CT molecular complexity index is 523. The zero-order valence-corrected chi connectivity index (χ0v) is 11.5. The second-order valence-electron chi connectivity index (χ2n) is 4.27. The van der Waals surface area contributed by atoms with E-state index in [1.807, 2.05) is 19.3 Å². The summed E-state index contributed by atoms with van der Waals surface area (Å²) in [5.74, 6) is 0. The highest BCUT2D eigenvalue weighted by molar-refractivity contribution is 7.99. The standard InChI is InChI=1S/C14H17N3S/c1-10-8-16-14(17-9-10)18-13-4-3-12(5-6-15)11(2)7-13/h3-4,7-9H,5-6,15H2,1-2H3. The largest absolute Gasteiger partial charge is 0.330 e. The third-order valence-electron chi connectivity index (χ3n) is 2.69. The van der Waals surface area contributed by atoms with Crippen molar-refractivity contribution in [3.63, 3.8) is 0 Å². The lowest BCUT2D eigenvalue weighted by Gasteiger charge is -2.06. The van der Waals surface area contributed by atoms with Gasteiger partial charge in [-0.15, -0.1) is 0 Å². The molecule has 0 saturated carbocycles. The predicted octanol–water partition coefficient (Wildman–Crippen LogP) is 2.75. The normalized spacial score (nSPS) is 10.6. The third kappa shape index (κ3) is 3.31. The quantitative estimate of drug-likeness (QED) is 0.858. The molecule has 0 spiro atoms. The first-order valence-corrected chi connectivity index (χ1v) is 6.77. The zero-order chi connectivity index (χ0) is 13.0. The highest BCUT2D eigenvalue weighted by atomic mass is 32.2. The van der Waals surface area contributed by atoms with Crippen LogP contribution in [0, 0.1) is 13.8 Å². The average molecular weight is 259 g/mol. The molecule has 0 saturated heterocycles. The fourth-order valence-electron chi connectivity index (χ4n) is 1.71. The number of hydrogen-bond donors (Lipinski definition) is 1. The van der Waals surface area contributed by atoms with Crippen molar-refractivity contribution < 1.29 is 0 Å². The van der Waals surface area contributed by atoms with E-state index in [1.54, 1.807) is 11.8 Å². The maximum atomic E-state index is 5.58. The Labute approximate surface area is 112 Å². The molecule has 3 nitrogen and oxygen atoms in total. The molecular weight excluding hydrogens is 242 g/mol. The van der Waals surface area contributed by atoms with E-state index in [1.165, 1.54) is 11.1 Å². The van der Waals surface area contributed by atoms with Gasteiger partial charge < -0.3 is 5.73 Å². The van der Waals surface area contributed by atoms with Crippen molar-refractivity contribution in [1.82, 2.24) is 9.97 Å². The van der Waals surface area contributed by atoms with Gasteiger partial charge in [0.1, 0.15) is 0 Å². The van der Waals surface area contributed by atoms with Gasteiger partial charge in [0.15, 0.2) is 5.16 Å². The summed E-state index contributed by atoms with van der Waals surface area (Å²) in [6, 6.07) is 6.41. The summed E-state index contributed by atoms with van der Waals surface area (Å²) in [6.07, 6.45) is 4.60. The molecule has 94 valence electrons. The van der Waals surface area contributed by atoms with E-state index in [0.717, 1.165) is 22.0 Å². The fourth-order valence-corrected chi connectivity index (χ4v) is 2.50. The molecule has 0 amide bonds. The third-order valence-corrected chi connectivity index (χ3v) is 3.58. The molecule has 2 aromatic rings. The van der Waals surface area contributed by atoms with Gasteiger partial charge in [0.05, 0.1) is 0 Å². The van der Waals surface area contributed by atoms with Crippen LogP contribution in [0.15, 0.2) is 40.6 Å². The number of rotatable bonds is 4. The van der Waals surface area contributed by atoms with E-state index >= 15 is 0 Å². The first kappa shape index (κ1) is 13.1. The van der Waals surface area contributed by atoms with Crippen molar-refractivity contribution in [1.29, 1.82) is 0 Å². The van der Waals surface area contributed by atoms with Crippen molar-refractivity contribution in [3.8, 4) is 0 Å². The Morgan fingerprint density at radius 1 is 1.17 bits per heavy atom. The minimum atomic E-state index is 0.689. The summed E-state index contributed by atoms with van der Waals surface area (Å²) in [6.45, 7) is 4.79. The molecule has 0 fully saturated rings. The molecule has 2 rings (SSSR count). The summed E-state index contributed by atoms with van der Waals surface area (Å²) in [5.41, 5.74) is 9.24. The highest BCUT2D eigenvalue weighted by Gasteiger charge is 2.03. The van der Waals surface area contributed by atoms with Gasteiger partial charge in [-0.25, -0.2) is 9.97 Å². The zero-order valence-electron chi connectivity index (χ0n) is 10.7. The molecule has 1 aromatic carbocycles. The molecule has 0 unspecified atom stereocenters. The molecule has 0 radical (unpaired) electrons. The maximum absolute atomic E-state index is 5.58. The molecule has 4 heteroatoms. The van der Waals surface area contributed by atoms with Crippen molar-refractivity contribution in [2.75, 3.05) is 6.54 Å². The first-order chi connectivity index (χ1) is 8.69. The SMILES string of the molecule is Cc1cnc(Sc2ccc(CCN)c(C)c2)nc1. The van der Waals surface area contributed by atoms with Crippen molar-refractivity contribution in [2.24, 2.45) is 5.73 Å². The summed E-state index contributed by atoms with van der Waals surface area (Å²) in [5, 5.41) is 0.784. The van der Waals surface area contributed by atoms with E-state index in [2.05, 4.69) is 35.1 Å². The van der Waals surface area contributed by atoms with Gasteiger partial charge in [-0.2, -0.15) is 0 Å². The number of nitrogens with zero attached hydrogens (tertiary/aromatic N) is 2. The maximum Gasteiger partial charge on any atom is 0.192 e. The summed E-state index contributed by atoms with van der Waals surface area (Å²) in [7, 11) is 0. The molecule has 0 aliphatic rings. The van der Waals surface area contributed by atoms with E-state index in [4.69, 9.17) is 5.73 Å². The Hall–Kier alpha value is -1.39. The Kier molecular flexibility index (Phi) is 4.33. The Morgan fingerprint density at radius 2 is 1.89 bits per heavy atom. The van der Waals surface area contributed by atoms with Crippen LogP contribution >= 0.6 is 11.8 Å². The van der Waals surface area contributed by atoms with Crippen molar-refractivity contribution in [3.05, 3.63) is 47.3 Å². The monoisotopic (exact) mass is 259 g/mol. The van der Waals surface area contributed by atoms with Gasteiger partial charge in [0.2, 0.25) is 0 Å². The lowest BCUT2D eigenvalue weighted by molar-refractivity contribution is 0.945. The topological polar surface area (TPSA) is 51.8 Å². The number of nitrogens with two attached hydrogens (primary N) is 1. The van der Waals surface area contributed by atoms with Gasteiger partial charge in [-0.05, 0) is 67.4 Å². The van der Waals surface area contributed by atoms with E-state index < -0.39 is 0 Å². The summed E-state index contributed by atoms with van der Waals surface area (Å²) < 4.78 is 0. The van der Waals surface area contributed by atoms with Crippen LogP contribution in [0.5, 0.6) is 0 Å². The van der Waals surface area contributed by atoms with Gasteiger partial charge in [0.25, 0.3) is 0 Å². The number of hydrogen-bond acceptors (Lipinski definition) is 4. The molecule has 0 aliphatic carbocycles. The molecule has 1 heterocycles. The summed E-state index contributed by atoms with van der Waals surface area (Å²) >= 11 is 1.58. The van der Waals surface area contributed by atoms with Crippen LogP contribution in [0.3, 0.4) is 0 Å². The summed E-state index contributed by atoms with van der Waals surface area (Å²) in [4.78, 5) is 9.75. The van der Waals surface area contributed by atoms with Gasteiger partial charge in [0, 0.05) is 17.3 Å². The highest BCUT2D eigenvalue weighted by Crippen LogP contribution is 2.26. The predicted molar refractivity (Wildman–Crippen MR) is 74.8 cm³/mol. The lowest BCUT2D eigenvalue weighted by atomic mass is 10.1. The average Bonchev–Trinajstić information content (AvgIpc) is 2.36. The van der Waals surface area contributed by atoms with Crippen LogP contribution in [-0.2, 0) is 6.42 Å². The van der Waals surface area contributed by atoms with Crippen LogP contribution in [0.1, 0.15) is 16.7 Å². The molecule has 0 aliphatic heterocycles. The van der Waals surface area contributed by atoms with Crippen molar-refractivity contribution in [2.45, 2.75) is 30.3 Å². The first-order valence-electron chi connectivity index (χ1n) is 5.95. The van der Waals surface area contributed by atoms with Crippen LogP contribution in [-0.4, -0.2) is 16.5 Å². The van der Waals surface area contributed by atoms with Gasteiger partial charge in [-0.1, -0.05) is 6.07 Å². The van der Waals surface area contributed by atoms with E-state index in [-0.39, 0.29) is 0 Å². The van der Waals surface area contributed by atoms with Gasteiger partial charge in [-0.3, -0.25) is 0 Å². The number of aryl methyl sites for hydroxylation is 2. The number of aromatic nitrogens is 2. The van der Waals surface area contributed by atoms with E-state index in [9.17, 15) is 0 Å². The Balaban J connectivity index is 2.14. The number of benzene rings is 1. The molecular formula is C14H17N3S. The molecule has 2 N–H and O–H groups in total. The van der Waals surface area contributed by atoms with Crippen LogP contribution in [0.2, 0.25) is 0 Å². The molecule has 0 atom stereocenters.